The van der Waals surface area contributed by atoms with Crippen LogP contribution in [0.25, 0.3) is 0 Å². The van der Waals surface area contributed by atoms with Gasteiger partial charge in [0.2, 0.25) is 0 Å². The molecule has 0 aliphatic heterocycles. The Hall–Kier alpha value is -0.200. The lowest BCUT2D eigenvalue weighted by atomic mass is 10.1. The molecule has 0 saturated carbocycles. The van der Waals surface area contributed by atoms with Crippen molar-refractivity contribution >= 4 is 45.1 Å². The summed E-state index contributed by atoms with van der Waals surface area (Å²) in [6.07, 6.45) is 0. The summed E-state index contributed by atoms with van der Waals surface area (Å²) in [7, 11) is 0. The van der Waals surface area contributed by atoms with Gasteiger partial charge < -0.3 is 0 Å². The molecule has 0 aliphatic carbocycles. The summed E-state index contributed by atoms with van der Waals surface area (Å²) in [5.74, 6) is -0.312. The summed E-state index contributed by atoms with van der Waals surface area (Å²) in [5.41, 5.74) is -4.02. The second kappa shape index (κ2) is 5.63. The van der Waals surface area contributed by atoms with Crippen LogP contribution in [0.4, 0.5) is 13.2 Å². The molecule has 0 amide bonds. The first-order valence-corrected chi connectivity index (χ1v) is 6.44. The SMILES string of the molecule is CC(=O)C(Cl)c1cc(Br)cc(SC(F)(F)F)c1. The van der Waals surface area contributed by atoms with Crippen LogP contribution < -0.4 is 0 Å². The average molecular weight is 348 g/mol. The highest BCUT2D eigenvalue weighted by atomic mass is 79.9. The van der Waals surface area contributed by atoms with Crippen molar-refractivity contribution in [2.45, 2.75) is 22.7 Å². The van der Waals surface area contributed by atoms with E-state index in [-0.39, 0.29) is 22.4 Å². The summed E-state index contributed by atoms with van der Waals surface area (Å²) < 4.78 is 37.1. The monoisotopic (exact) mass is 346 g/mol. The molecule has 0 heterocycles. The minimum Gasteiger partial charge on any atom is -0.298 e. The van der Waals surface area contributed by atoms with Crippen molar-refractivity contribution in [3.05, 3.63) is 28.2 Å². The predicted molar refractivity (Wildman–Crippen MR) is 65.3 cm³/mol. The Morgan fingerprint density at radius 3 is 2.47 bits per heavy atom. The number of benzene rings is 1. The third-order valence-electron chi connectivity index (χ3n) is 1.78. The number of alkyl halides is 4. The zero-order valence-electron chi connectivity index (χ0n) is 8.52. The number of hydrogen-bond acceptors (Lipinski definition) is 2. The second-order valence-corrected chi connectivity index (χ2v) is 5.73. The zero-order valence-corrected chi connectivity index (χ0v) is 11.7. The molecule has 1 unspecified atom stereocenters. The van der Waals surface area contributed by atoms with Crippen molar-refractivity contribution in [1.82, 2.24) is 0 Å². The Bertz CT molecular complexity index is 436. The lowest BCUT2D eigenvalue weighted by Crippen LogP contribution is -2.03. The molecule has 94 valence electrons. The second-order valence-electron chi connectivity index (χ2n) is 3.24. The smallest absolute Gasteiger partial charge is 0.298 e. The van der Waals surface area contributed by atoms with E-state index in [2.05, 4.69) is 15.9 Å². The van der Waals surface area contributed by atoms with Crippen molar-refractivity contribution in [2.75, 3.05) is 0 Å². The molecule has 0 bridgehead atoms. The molecule has 0 N–H and O–H groups in total. The van der Waals surface area contributed by atoms with Crippen LogP contribution in [0, 0.1) is 0 Å². The molecular weight excluding hydrogens is 341 g/mol. The fourth-order valence-corrected chi connectivity index (χ4v) is 2.59. The van der Waals surface area contributed by atoms with Gasteiger partial charge in [-0.25, -0.2) is 0 Å². The van der Waals surface area contributed by atoms with E-state index < -0.39 is 10.9 Å². The molecule has 1 aromatic carbocycles. The van der Waals surface area contributed by atoms with Gasteiger partial charge in [0.05, 0.1) is 0 Å². The minimum atomic E-state index is -4.36. The molecule has 1 aromatic rings. The van der Waals surface area contributed by atoms with Crippen molar-refractivity contribution < 1.29 is 18.0 Å². The highest BCUT2D eigenvalue weighted by molar-refractivity contribution is 9.10. The quantitative estimate of drug-likeness (QED) is 0.569. The van der Waals surface area contributed by atoms with Gasteiger partial charge in [0.25, 0.3) is 0 Å². The van der Waals surface area contributed by atoms with Crippen LogP contribution in [0.15, 0.2) is 27.6 Å². The fraction of sp³-hybridized carbons (Fsp3) is 0.300. The van der Waals surface area contributed by atoms with Gasteiger partial charge in [0.15, 0.2) is 5.78 Å². The maximum Gasteiger partial charge on any atom is 0.446 e. The topological polar surface area (TPSA) is 17.1 Å². The van der Waals surface area contributed by atoms with Gasteiger partial charge in [0.1, 0.15) is 5.38 Å². The lowest BCUT2D eigenvalue weighted by molar-refractivity contribution is -0.116. The van der Waals surface area contributed by atoms with Crippen molar-refractivity contribution in [3.8, 4) is 0 Å². The van der Waals surface area contributed by atoms with Gasteiger partial charge in [-0.3, -0.25) is 4.79 Å². The van der Waals surface area contributed by atoms with Gasteiger partial charge in [-0.15, -0.1) is 11.6 Å². The first kappa shape index (κ1) is 14.9. The van der Waals surface area contributed by atoms with Crippen molar-refractivity contribution in [1.29, 1.82) is 0 Å². The van der Waals surface area contributed by atoms with Crippen LogP contribution in [0.5, 0.6) is 0 Å². The van der Waals surface area contributed by atoms with Crippen LogP contribution in [0.3, 0.4) is 0 Å². The molecule has 0 aliphatic rings. The van der Waals surface area contributed by atoms with Gasteiger partial charge in [0, 0.05) is 9.37 Å². The number of halogens is 5. The van der Waals surface area contributed by atoms with Crippen LogP contribution >= 0.6 is 39.3 Å². The molecule has 0 saturated heterocycles. The molecule has 0 radical (unpaired) electrons. The summed E-state index contributed by atoms with van der Waals surface area (Å²) in [6.45, 7) is 1.29. The summed E-state index contributed by atoms with van der Waals surface area (Å²) in [4.78, 5) is 11.1. The molecule has 1 rings (SSSR count). The summed E-state index contributed by atoms with van der Waals surface area (Å²) in [5, 5.41) is -0.930. The van der Waals surface area contributed by atoms with E-state index in [0.717, 1.165) is 0 Å². The number of Topliss-reactive ketones (excluding diaryl/α,β-unsaturated/α-hetero) is 1. The van der Waals surface area contributed by atoms with E-state index in [1.807, 2.05) is 0 Å². The largest absolute Gasteiger partial charge is 0.446 e. The van der Waals surface area contributed by atoms with E-state index in [0.29, 0.717) is 10.0 Å². The third-order valence-corrected chi connectivity index (χ3v) is 3.50. The summed E-state index contributed by atoms with van der Waals surface area (Å²) >= 11 is 8.64. The highest BCUT2D eigenvalue weighted by Crippen LogP contribution is 2.39. The minimum absolute atomic E-state index is 0.00576. The third kappa shape index (κ3) is 4.89. The van der Waals surface area contributed by atoms with E-state index in [1.165, 1.54) is 25.1 Å². The van der Waals surface area contributed by atoms with E-state index >= 15 is 0 Å². The van der Waals surface area contributed by atoms with E-state index in [1.54, 1.807) is 0 Å². The Balaban J connectivity index is 3.06. The zero-order chi connectivity index (χ0) is 13.2. The molecule has 1 atom stereocenters. The number of rotatable bonds is 3. The molecule has 0 aromatic heterocycles. The number of ketones is 1. The normalized spacial score (nSPS) is 13.5. The summed E-state index contributed by atoms with van der Waals surface area (Å²) in [6, 6.07) is 4.12. The van der Waals surface area contributed by atoms with Gasteiger partial charge in [-0.05, 0) is 42.4 Å². The van der Waals surface area contributed by atoms with Crippen molar-refractivity contribution in [3.63, 3.8) is 0 Å². The Kier molecular flexibility index (Phi) is 4.92. The van der Waals surface area contributed by atoms with Crippen LogP contribution in [0.1, 0.15) is 17.9 Å². The lowest BCUT2D eigenvalue weighted by Gasteiger charge is -2.10. The van der Waals surface area contributed by atoms with Gasteiger partial charge in [-0.1, -0.05) is 15.9 Å². The number of thioether (sulfide) groups is 1. The molecule has 17 heavy (non-hydrogen) atoms. The van der Waals surface area contributed by atoms with E-state index in [4.69, 9.17) is 11.6 Å². The van der Waals surface area contributed by atoms with Crippen molar-refractivity contribution in [2.24, 2.45) is 0 Å². The van der Waals surface area contributed by atoms with E-state index in [9.17, 15) is 18.0 Å². The Morgan fingerprint density at radius 1 is 1.41 bits per heavy atom. The molecular formula is C10H7BrClF3OS. The average Bonchev–Trinajstić information content (AvgIpc) is 2.12. The van der Waals surface area contributed by atoms with Crippen LogP contribution in [0.2, 0.25) is 0 Å². The number of carbonyl (C=O) groups is 1. The first-order valence-electron chi connectivity index (χ1n) is 4.40. The molecule has 0 spiro atoms. The number of hydrogen-bond donors (Lipinski definition) is 0. The van der Waals surface area contributed by atoms with Gasteiger partial charge >= 0.3 is 5.51 Å². The fourth-order valence-electron chi connectivity index (χ4n) is 1.16. The highest BCUT2D eigenvalue weighted by Gasteiger charge is 2.29. The predicted octanol–water partition coefficient (Wildman–Crippen LogP) is 4.93. The van der Waals surface area contributed by atoms with Crippen LogP contribution in [-0.4, -0.2) is 11.3 Å². The Morgan fingerprint density at radius 2 is 2.00 bits per heavy atom. The molecule has 1 nitrogen and oxygen atoms in total. The van der Waals surface area contributed by atoms with Gasteiger partial charge in [-0.2, -0.15) is 13.2 Å². The maximum absolute atomic E-state index is 12.2. The molecule has 0 fully saturated rings. The first-order chi connectivity index (χ1) is 7.69. The standard InChI is InChI=1S/C10H7BrClF3OS/c1-5(16)9(12)6-2-7(11)4-8(3-6)17-10(13,14)15/h2-4,9H,1H3. The molecule has 7 heteroatoms. The maximum atomic E-state index is 12.2. The van der Waals surface area contributed by atoms with Crippen LogP contribution in [-0.2, 0) is 4.79 Å². The number of carbonyl (C=O) groups excluding carboxylic acids is 1. The Labute approximate surface area is 114 Å².